The van der Waals surface area contributed by atoms with Gasteiger partial charge in [0.2, 0.25) is 11.8 Å². The first kappa shape index (κ1) is 13.5. The van der Waals surface area contributed by atoms with E-state index in [2.05, 4.69) is 10.3 Å². The van der Waals surface area contributed by atoms with E-state index in [1.54, 1.807) is 23.2 Å². The van der Waals surface area contributed by atoms with E-state index in [9.17, 15) is 9.59 Å². The molecule has 1 unspecified atom stereocenters. The van der Waals surface area contributed by atoms with Gasteiger partial charge in [-0.15, -0.1) is 11.3 Å². The summed E-state index contributed by atoms with van der Waals surface area (Å²) in [5.74, 6) is 0.0196. The molecular weight excluding hydrogens is 274 g/mol. The van der Waals surface area contributed by atoms with Crippen molar-refractivity contribution in [3.8, 4) is 0 Å². The zero-order valence-corrected chi connectivity index (χ0v) is 12.6. The first-order chi connectivity index (χ1) is 9.52. The Balaban J connectivity index is 1.86. The van der Waals surface area contributed by atoms with Crippen molar-refractivity contribution in [1.29, 1.82) is 0 Å². The van der Waals surface area contributed by atoms with Crippen LogP contribution in [-0.2, 0) is 16.1 Å². The molecule has 1 saturated heterocycles. The van der Waals surface area contributed by atoms with Crippen LogP contribution in [0.4, 0.5) is 0 Å². The van der Waals surface area contributed by atoms with Crippen LogP contribution < -0.4 is 5.32 Å². The van der Waals surface area contributed by atoms with Gasteiger partial charge in [-0.25, -0.2) is 4.98 Å². The third kappa shape index (κ3) is 2.12. The van der Waals surface area contributed by atoms with Crippen molar-refractivity contribution >= 4 is 23.2 Å². The average Bonchev–Trinajstić information content (AvgIpc) is 3.03. The molecule has 2 amide bonds. The molecule has 2 heterocycles. The summed E-state index contributed by atoms with van der Waals surface area (Å²) in [5.41, 5.74) is 0.227. The van der Waals surface area contributed by atoms with E-state index in [1.807, 2.05) is 12.3 Å². The molecule has 1 aromatic rings. The normalized spacial score (nSPS) is 25.3. The molecule has 1 N–H and O–H groups in total. The van der Waals surface area contributed by atoms with Gasteiger partial charge in [-0.05, 0) is 26.7 Å². The van der Waals surface area contributed by atoms with E-state index < -0.39 is 11.6 Å². The number of hydrogen-bond acceptors (Lipinski definition) is 4. The van der Waals surface area contributed by atoms with Crippen molar-refractivity contribution < 1.29 is 9.59 Å². The Kier molecular flexibility index (Phi) is 3.28. The highest BCUT2D eigenvalue weighted by atomic mass is 32.1. The van der Waals surface area contributed by atoms with Crippen LogP contribution in [0.25, 0.3) is 0 Å². The standard InChI is InChI=1S/C14H19N3O2S/c1-9-12(18)16-14(5-3-4-6-14)13(19)17(9)7-11-8-20-10(2)15-11/h8-9H,3-7H2,1-2H3,(H,16,18). The number of piperazine rings is 1. The molecule has 20 heavy (non-hydrogen) atoms. The lowest BCUT2D eigenvalue weighted by Gasteiger charge is -2.43. The highest BCUT2D eigenvalue weighted by molar-refractivity contribution is 7.09. The molecule has 1 aliphatic heterocycles. The minimum absolute atomic E-state index is 0.0431. The van der Waals surface area contributed by atoms with Crippen LogP contribution >= 0.6 is 11.3 Å². The van der Waals surface area contributed by atoms with Crippen molar-refractivity contribution in [2.75, 3.05) is 0 Å². The molecule has 0 bridgehead atoms. The number of carbonyl (C=O) groups is 2. The number of aryl methyl sites for hydroxylation is 1. The topological polar surface area (TPSA) is 62.3 Å². The summed E-state index contributed by atoms with van der Waals surface area (Å²) in [7, 11) is 0. The zero-order chi connectivity index (χ0) is 14.3. The fourth-order valence-corrected chi connectivity index (χ4v) is 3.77. The van der Waals surface area contributed by atoms with Crippen molar-refractivity contribution in [2.24, 2.45) is 0 Å². The molecule has 0 radical (unpaired) electrons. The van der Waals surface area contributed by atoms with Gasteiger partial charge in [0.15, 0.2) is 0 Å². The molecule has 0 aromatic carbocycles. The van der Waals surface area contributed by atoms with Crippen LogP contribution in [0.5, 0.6) is 0 Å². The Labute approximate surface area is 122 Å². The molecule has 6 heteroatoms. The number of carbonyl (C=O) groups excluding carboxylic acids is 2. The van der Waals surface area contributed by atoms with E-state index in [4.69, 9.17) is 0 Å². The molecule has 1 aromatic heterocycles. The van der Waals surface area contributed by atoms with Crippen LogP contribution in [0.1, 0.15) is 43.3 Å². The van der Waals surface area contributed by atoms with Crippen LogP contribution in [0.2, 0.25) is 0 Å². The molecule has 1 saturated carbocycles. The van der Waals surface area contributed by atoms with Gasteiger partial charge in [0, 0.05) is 5.38 Å². The highest BCUT2D eigenvalue weighted by Gasteiger charge is 2.50. The number of aromatic nitrogens is 1. The Morgan fingerprint density at radius 3 is 2.75 bits per heavy atom. The molecular formula is C14H19N3O2S. The number of nitrogens with one attached hydrogen (secondary N) is 1. The predicted octanol–water partition coefficient (Wildman–Crippen LogP) is 1.61. The Morgan fingerprint density at radius 2 is 2.15 bits per heavy atom. The minimum atomic E-state index is -0.644. The van der Waals surface area contributed by atoms with E-state index in [1.165, 1.54) is 0 Å². The van der Waals surface area contributed by atoms with Gasteiger partial charge >= 0.3 is 0 Å². The van der Waals surface area contributed by atoms with Gasteiger partial charge in [0.25, 0.3) is 0 Å². The van der Waals surface area contributed by atoms with Gasteiger partial charge in [0.1, 0.15) is 11.6 Å². The molecule has 5 nitrogen and oxygen atoms in total. The van der Waals surface area contributed by atoms with E-state index in [0.29, 0.717) is 6.54 Å². The lowest BCUT2D eigenvalue weighted by atomic mass is 9.91. The Hall–Kier alpha value is -1.43. The third-order valence-corrected chi connectivity index (χ3v) is 5.16. The summed E-state index contributed by atoms with van der Waals surface area (Å²) in [6.07, 6.45) is 3.53. The first-order valence-corrected chi connectivity index (χ1v) is 7.94. The molecule has 2 aliphatic rings. The zero-order valence-electron chi connectivity index (χ0n) is 11.8. The fraction of sp³-hybridized carbons (Fsp3) is 0.643. The summed E-state index contributed by atoms with van der Waals surface area (Å²) >= 11 is 1.57. The lowest BCUT2D eigenvalue weighted by molar-refractivity contribution is -0.154. The quantitative estimate of drug-likeness (QED) is 0.901. The van der Waals surface area contributed by atoms with Crippen LogP contribution in [-0.4, -0.2) is 33.3 Å². The molecule has 1 aliphatic carbocycles. The minimum Gasteiger partial charge on any atom is -0.340 e. The maximum Gasteiger partial charge on any atom is 0.249 e. The van der Waals surface area contributed by atoms with Crippen LogP contribution in [0, 0.1) is 6.92 Å². The largest absolute Gasteiger partial charge is 0.340 e. The summed E-state index contributed by atoms with van der Waals surface area (Å²) in [6.45, 7) is 4.16. The van der Waals surface area contributed by atoms with Crippen molar-refractivity contribution in [3.63, 3.8) is 0 Å². The van der Waals surface area contributed by atoms with Gasteiger partial charge in [0.05, 0.1) is 17.2 Å². The molecule has 2 fully saturated rings. The van der Waals surface area contributed by atoms with E-state index in [-0.39, 0.29) is 11.8 Å². The van der Waals surface area contributed by atoms with Gasteiger partial charge in [-0.1, -0.05) is 12.8 Å². The maximum absolute atomic E-state index is 12.8. The predicted molar refractivity (Wildman–Crippen MR) is 76.2 cm³/mol. The van der Waals surface area contributed by atoms with Crippen molar-refractivity contribution in [1.82, 2.24) is 15.2 Å². The Bertz CT molecular complexity index is 548. The number of rotatable bonds is 2. The second kappa shape index (κ2) is 4.84. The van der Waals surface area contributed by atoms with E-state index >= 15 is 0 Å². The summed E-state index contributed by atoms with van der Waals surface area (Å²) in [6, 6.07) is -0.421. The van der Waals surface area contributed by atoms with E-state index in [0.717, 1.165) is 36.4 Å². The van der Waals surface area contributed by atoms with Crippen molar-refractivity contribution in [2.45, 2.75) is 57.7 Å². The maximum atomic E-state index is 12.8. The number of hydrogen-bond donors (Lipinski definition) is 1. The van der Waals surface area contributed by atoms with Gasteiger partial charge in [-0.3, -0.25) is 9.59 Å². The van der Waals surface area contributed by atoms with Crippen LogP contribution in [0.15, 0.2) is 5.38 Å². The SMILES string of the molecule is Cc1nc(CN2C(=O)C3(CCCC3)NC(=O)C2C)cs1. The van der Waals surface area contributed by atoms with Gasteiger partial charge in [-0.2, -0.15) is 0 Å². The summed E-state index contributed by atoms with van der Waals surface area (Å²) in [5, 5.41) is 5.91. The summed E-state index contributed by atoms with van der Waals surface area (Å²) in [4.78, 5) is 31.1. The lowest BCUT2D eigenvalue weighted by Crippen LogP contribution is -2.68. The summed E-state index contributed by atoms with van der Waals surface area (Å²) < 4.78 is 0. The Morgan fingerprint density at radius 1 is 1.45 bits per heavy atom. The highest BCUT2D eigenvalue weighted by Crippen LogP contribution is 2.35. The van der Waals surface area contributed by atoms with Gasteiger partial charge < -0.3 is 10.2 Å². The van der Waals surface area contributed by atoms with Crippen LogP contribution in [0.3, 0.4) is 0 Å². The number of thiazole rings is 1. The second-order valence-electron chi connectivity index (χ2n) is 5.75. The number of amides is 2. The van der Waals surface area contributed by atoms with Crippen molar-refractivity contribution in [3.05, 3.63) is 16.1 Å². The molecule has 1 spiro atoms. The fourth-order valence-electron chi connectivity index (χ4n) is 3.17. The monoisotopic (exact) mass is 293 g/mol. The third-order valence-electron chi connectivity index (χ3n) is 4.34. The smallest absolute Gasteiger partial charge is 0.249 e. The molecule has 108 valence electrons. The number of nitrogens with zero attached hydrogens (tertiary/aromatic N) is 2. The first-order valence-electron chi connectivity index (χ1n) is 7.06. The molecule has 3 rings (SSSR count). The average molecular weight is 293 g/mol. The molecule has 1 atom stereocenters. The second-order valence-corrected chi connectivity index (χ2v) is 6.81.